The lowest BCUT2D eigenvalue weighted by Gasteiger charge is -2.33. The molecule has 0 aromatic heterocycles. The molecular weight excluding hydrogens is 280 g/mol. The highest BCUT2D eigenvalue weighted by Crippen LogP contribution is 2.53. The van der Waals surface area contributed by atoms with Crippen LogP contribution in [0.3, 0.4) is 0 Å². The van der Waals surface area contributed by atoms with Crippen molar-refractivity contribution < 1.29 is 0 Å². The molecule has 0 heterocycles. The zero-order valence-electron chi connectivity index (χ0n) is 14.5. The monoisotopic (exact) mass is 309 g/mol. The molecule has 0 nitrogen and oxygen atoms in total. The molecule has 2 atom stereocenters. The summed E-state index contributed by atoms with van der Waals surface area (Å²) in [6.45, 7) is 7.48. The third-order valence-corrected chi connectivity index (χ3v) is 9.86. The largest absolute Gasteiger partial charge is 0.0709 e. The molecule has 4 aliphatic carbocycles. The van der Waals surface area contributed by atoms with Crippen molar-refractivity contribution in [3.05, 3.63) is 45.6 Å². The summed E-state index contributed by atoms with van der Waals surface area (Å²) >= 11 is 0. The lowest BCUT2D eigenvalue weighted by Crippen LogP contribution is -2.27. The van der Waals surface area contributed by atoms with Crippen LogP contribution in [0.15, 0.2) is 45.6 Å². The predicted octanol–water partition coefficient (Wildman–Crippen LogP) is 6.51. The molecular formula is C21H29Si. The maximum absolute atomic E-state index is 2.64. The maximum Gasteiger partial charge on any atom is 0.0709 e. The zero-order chi connectivity index (χ0) is 15.3. The van der Waals surface area contributed by atoms with Gasteiger partial charge >= 0.3 is 0 Å². The predicted molar refractivity (Wildman–Crippen MR) is 97.6 cm³/mol. The molecule has 0 aromatic carbocycles. The van der Waals surface area contributed by atoms with Crippen molar-refractivity contribution in [2.24, 2.45) is 0 Å². The molecule has 0 bridgehead atoms. The van der Waals surface area contributed by atoms with E-state index in [2.05, 4.69) is 32.5 Å². The van der Waals surface area contributed by atoms with Gasteiger partial charge in [-0.15, -0.1) is 0 Å². The highest BCUT2D eigenvalue weighted by molar-refractivity contribution is 6.64. The molecule has 0 spiro atoms. The fourth-order valence-electron chi connectivity index (χ4n) is 5.59. The first-order valence-corrected chi connectivity index (χ1v) is 11.5. The standard InChI is InChI=1S/C21H29Si/c1-14-12-16-8-4-6-10-18(16)20(14)22(3)21-15(2)13-17-9-5-7-11-19(17)21/h12-13,20-21H,4-11H2,1-3H3. The SMILES string of the molecule is CC1=CC2=C(CCCC2)C1[Si](C)C1C(C)=CC2=C1CCCC2. The Kier molecular flexibility index (Phi) is 3.80. The van der Waals surface area contributed by atoms with E-state index in [4.69, 9.17) is 0 Å². The number of allylic oxidation sites excluding steroid dienone is 8. The Bertz CT molecular complexity index is 560. The molecule has 0 aliphatic heterocycles. The summed E-state index contributed by atoms with van der Waals surface area (Å²) in [5, 5.41) is 0. The minimum absolute atomic E-state index is 0.432. The summed E-state index contributed by atoms with van der Waals surface area (Å²) in [4.78, 5) is 0. The van der Waals surface area contributed by atoms with Crippen LogP contribution in [0.25, 0.3) is 0 Å². The first kappa shape index (κ1) is 14.7. The lowest BCUT2D eigenvalue weighted by molar-refractivity contribution is 0.669. The molecule has 22 heavy (non-hydrogen) atoms. The van der Waals surface area contributed by atoms with E-state index >= 15 is 0 Å². The number of rotatable bonds is 2. The highest BCUT2D eigenvalue weighted by atomic mass is 28.3. The Morgan fingerprint density at radius 2 is 1.14 bits per heavy atom. The number of hydrogen-bond acceptors (Lipinski definition) is 0. The summed E-state index contributed by atoms with van der Waals surface area (Å²) in [5.41, 5.74) is 12.2. The number of hydrogen-bond donors (Lipinski definition) is 0. The fraction of sp³-hybridized carbons (Fsp3) is 0.619. The van der Waals surface area contributed by atoms with Gasteiger partial charge in [0, 0.05) is 0 Å². The van der Waals surface area contributed by atoms with Crippen LogP contribution < -0.4 is 0 Å². The molecule has 0 amide bonds. The second-order valence-corrected chi connectivity index (χ2v) is 10.5. The Morgan fingerprint density at radius 3 is 1.59 bits per heavy atom. The van der Waals surface area contributed by atoms with Crippen molar-refractivity contribution in [1.29, 1.82) is 0 Å². The molecule has 1 radical (unpaired) electrons. The van der Waals surface area contributed by atoms with Crippen LogP contribution in [-0.4, -0.2) is 8.80 Å². The zero-order valence-corrected chi connectivity index (χ0v) is 15.5. The third-order valence-electron chi connectivity index (χ3n) is 6.43. The van der Waals surface area contributed by atoms with Gasteiger partial charge in [0.2, 0.25) is 0 Å². The van der Waals surface area contributed by atoms with E-state index in [-0.39, 0.29) is 0 Å². The van der Waals surface area contributed by atoms with E-state index in [1.54, 1.807) is 22.3 Å². The van der Waals surface area contributed by atoms with Crippen LogP contribution in [0.5, 0.6) is 0 Å². The normalized spacial score (nSPS) is 31.5. The van der Waals surface area contributed by atoms with Gasteiger partial charge in [0.25, 0.3) is 0 Å². The molecule has 1 heteroatoms. The summed E-state index contributed by atoms with van der Waals surface area (Å²) in [6, 6.07) is 0. The van der Waals surface area contributed by atoms with E-state index in [0.717, 1.165) is 11.1 Å². The molecule has 2 unspecified atom stereocenters. The third kappa shape index (κ3) is 2.24. The highest BCUT2D eigenvalue weighted by Gasteiger charge is 2.40. The molecule has 0 N–H and O–H groups in total. The Balaban J connectivity index is 1.66. The van der Waals surface area contributed by atoms with E-state index < -0.39 is 8.80 Å². The first-order chi connectivity index (χ1) is 10.7. The van der Waals surface area contributed by atoms with Crippen molar-refractivity contribution in [3.63, 3.8) is 0 Å². The smallest absolute Gasteiger partial charge is 0.0695 e. The van der Waals surface area contributed by atoms with Crippen LogP contribution in [-0.2, 0) is 0 Å². The van der Waals surface area contributed by atoms with Crippen LogP contribution in [0, 0.1) is 0 Å². The molecule has 0 saturated carbocycles. The molecule has 0 saturated heterocycles. The first-order valence-electron chi connectivity index (χ1n) is 9.30. The fourth-order valence-corrected chi connectivity index (χ4v) is 9.29. The minimum Gasteiger partial charge on any atom is -0.0695 e. The van der Waals surface area contributed by atoms with Gasteiger partial charge in [0.15, 0.2) is 0 Å². The van der Waals surface area contributed by atoms with Gasteiger partial charge in [-0.05, 0) is 87.4 Å². The summed E-state index contributed by atoms with van der Waals surface area (Å²) in [5.74, 6) is 0. The van der Waals surface area contributed by atoms with E-state index in [0.29, 0.717) is 0 Å². The molecule has 117 valence electrons. The van der Waals surface area contributed by atoms with Gasteiger partial charge in [-0.2, -0.15) is 0 Å². The van der Waals surface area contributed by atoms with Crippen LogP contribution in [0.1, 0.15) is 65.2 Å². The average molecular weight is 310 g/mol. The van der Waals surface area contributed by atoms with Crippen LogP contribution >= 0.6 is 0 Å². The average Bonchev–Trinajstić information content (AvgIpc) is 3.01. The lowest BCUT2D eigenvalue weighted by atomic mass is 9.93. The quantitative estimate of drug-likeness (QED) is 0.510. The van der Waals surface area contributed by atoms with Crippen molar-refractivity contribution in [2.45, 2.75) is 82.8 Å². The van der Waals surface area contributed by atoms with E-state index in [1.807, 2.05) is 11.1 Å². The van der Waals surface area contributed by atoms with Gasteiger partial charge in [0.05, 0.1) is 8.80 Å². The molecule has 4 rings (SSSR count). The van der Waals surface area contributed by atoms with Crippen LogP contribution in [0.4, 0.5) is 0 Å². The van der Waals surface area contributed by atoms with E-state index in [1.165, 1.54) is 51.4 Å². The van der Waals surface area contributed by atoms with Gasteiger partial charge in [-0.1, -0.05) is 41.0 Å². The molecule has 4 aliphatic rings. The minimum atomic E-state index is -0.432. The van der Waals surface area contributed by atoms with Gasteiger partial charge < -0.3 is 0 Å². The topological polar surface area (TPSA) is 0 Å². The Morgan fingerprint density at radius 1 is 0.727 bits per heavy atom. The maximum atomic E-state index is 2.64. The second-order valence-electron chi connectivity index (χ2n) is 7.90. The van der Waals surface area contributed by atoms with Crippen LogP contribution in [0.2, 0.25) is 17.6 Å². The van der Waals surface area contributed by atoms with Gasteiger partial charge in [-0.25, -0.2) is 0 Å². The summed E-state index contributed by atoms with van der Waals surface area (Å²) < 4.78 is 0. The second kappa shape index (κ2) is 5.67. The Hall–Kier alpha value is -0.823. The van der Waals surface area contributed by atoms with Gasteiger partial charge in [-0.3, -0.25) is 0 Å². The van der Waals surface area contributed by atoms with Crippen molar-refractivity contribution in [1.82, 2.24) is 0 Å². The van der Waals surface area contributed by atoms with Gasteiger partial charge in [0.1, 0.15) is 0 Å². The molecule has 0 aromatic rings. The van der Waals surface area contributed by atoms with Crippen molar-refractivity contribution in [3.8, 4) is 0 Å². The molecule has 0 fully saturated rings. The van der Waals surface area contributed by atoms with Crippen molar-refractivity contribution >= 4 is 8.80 Å². The Labute approximate surface area is 137 Å². The van der Waals surface area contributed by atoms with Crippen molar-refractivity contribution in [2.75, 3.05) is 0 Å². The summed E-state index contributed by atoms with van der Waals surface area (Å²) in [7, 11) is -0.432. The summed E-state index contributed by atoms with van der Waals surface area (Å²) in [6.07, 6.45) is 16.3. The van der Waals surface area contributed by atoms with E-state index in [9.17, 15) is 0 Å².